The van der Waals surface area contributed by atoms with Gasteiger partial charge < -0.3 is 9.47 Å². The van der Waals surface area contributed by atoms with Gasteiger partial charge in [0, 0.05) is 15.6 Å². The topological polar surface area (TPSA) is 18.5 Å². The Morgan fingerprint density at radius 2 is 1.35 bits per heavy atom. The average Bonchev–Trinajstić information content (AvgIpc) is 2.98. The van der Waals surface area contributed by atoms with Crippen molar-refractivity contribution in [1.29, 1.82) is 0 Å². The van der Waals surface area contributed by atoms with Gasteiger partial charge in [0.2, 0.25) is 0 Å². The Hall–Kier alpha value is -1.64. The second-order valence-electron chi connectivity index (χ2n) is 4.65. The smallest absolute Gasteiger partial charge is 0.277 e. The van der Waals surface area contributed by atoms with Crippen molar-refractivity contribution in [2.24, 2.45) is 0 Å². The van der Waals surface area contributed by atoms with E-state index >= 15 is 0 Å². The molecule has 1 saturated carbocycles. The van der Waals surface area contributed by atoms with E-state index in [1.54, 1.807) is 24.3 Å². The minimum absolute atomic E-state index is 0.617. The average molecular weight is 307 g/mol. The highest BCUT2D eigenvalue weighted by molar-refractivity contribution is 6.31. The van der Waals surface area contributed by atoms with Gasteiger partial charge in [-0.05, 0) is 36.4 Å². The normalized spacial score (nSPS) is 15.8. The molecule has 0 heterocycles. The van der Waals surface area contributed by atoms with E-state index in [1.165, 1.54) is 0 Å². The van der Waals surface area contributed by atoms with E-state index in [0.29, 0.717) is 28.0 Å². The Morgan fingerprint density at radius 1 is 0.900 bits per heavy atom. The quantitative estimate of drug-likeness (QED) is 0.577. The predicted octanol–water partition coefficient (Wildman–Crippen LogP) is 5.11. The Labute approximate surface area is 127 Å². The first-order valence-corrected chi connectivity index (χ1v) is 6.90. The summed E-state index contributed by atoms with van der Waals surface area (Å²) in [4.78, 5) is 0. The highest BCUT2D eigenvalue weighted by Gasteiger charge is 2.54. The lowest BCUT2D eigenvalue weighted by molar-refractivity contribution is -0.00817. The van der Waals surface area contributed by atoms with Crippen LogP contribution in [-0.4, -0.2) is 5.79 Å². The molecular weight excluding hydrogens is 295 g/mol. The van der Waals surface area contributed by atoms with Crippen molar-refractivity contribution in [1.82, 2.24) is 0 Å². The first-order chi connectivity index (χ1) is 9.57. The van der Waals surface area contributed by atoms with Crippen LogP contribution in [0.15, 0.2) is 60.7 Å². The summed E-state index contributed by atoms with van der Waals surface area (Å²) in [5, 5.41) is 1.23. The van der Waals surface area contributed by atoms with Crippen molar-refractivity contribution in [2.45, 2.75) is 12.2 Å². The molecule has 0 aliphatic heterocycles. The fourth-order valence-corrected chi connectivity index (χ4v) is 2.28. The number of hydrogen-bond acceptors (Lipinski definition) is 2. The zero-order chi connectivity index (χ0) is 14.2. The molecule has 1 fully saturated rings. The molecule has 4 heteroatoms. The lowest BCUT2D eigenvalue weighted by atomic mass is 10.3. The maximum absolute atomic E-state index is 5.95. The van der Waals surface area contributed by atoms with Gasteiger partial charge in [0.15, 0.2) is 0 Å². The molecule has 1 aliphatic carbocycles. The number of halogens is 2. The van der Waals surface area contributed by atoms with Crippen LogP contribution >= 0.6 is 23.2 Å². The van der Waals surface area contributed by atoms with Crippen molar-refractivity contribution < 1.29 is 9.47 Å². The molecule has 102 valence electrons. The van der Waals surface area contributed by atoms with Crippen LogP contribution in [0.2, 0.25) is 10.0 Å². The summed E-state index contributed by atoms with van der Waals surface area (Å²) < 4.78 is 11.8. The molecule has 0 amide bonds. The van der Waals surface area contributed by atoms with Crippen LogP contribution in [0.4, 0.5) is 0 Å². The Morgan fingerprint density at radius 3 is 1.70 bits per heavy atom. The lowest BCUT2D eigenvalue weighted by Gasteiger charge is -2.20. The number of ether oxygens (including phenoxy) is 2. The SMILES string of the molecule is C=C1CC1(Oc1cccc(Cl)c1)Oc1cccc(Cl)c1. The van der Waals surface area contributed by atoms with Crippen LogP contribution in [0.1, 0.15) is 6.42 Å². The van der Waals surface area contributed by atoms with Crippen LogP contribution in [0, 0.1) is 0 Å². The highest BCUT2D eigenvalue weighted by atomic mass is 35.5. The predicted molar refractivity (Wildman–Crippen MR) is 80.6 cm³/mol. The maximum Gasteiger partial charge on any atom is 0.277 e. The van der Waals surface area contributed by atoms with E-state index < -0.39 is 5.79 Å². The molecule has 2 aromatic carbocycles. The molecular formula is C16H12Cl2O2. The zero-order valence-electron chi connectivity index (χ0n) is 10.6. The van der Waals surface area contributed by atoms with Crippen molar-refractivity contribution in [3.63, 3.8) is 0 Å². The van der Waals surface area contributed by atoms with Crippen molar-refractivity contribution in [3.05, 3.63) is 70.7 Å². The fourth-order valence-electron chi connectivity index (χ4n) is 1.92. The summed E-state index contributed by atoms with van der Waals surface area (Å²) in [5.74, 6) is 0.492. The molecule has 0 N–H and O–H groups in total. The number of hydrogen-bond donors (Lipinski definition) is 0. The van der Waals surface area contributed by atoms with Crippen LogP contribution in [0.25, 0.3) is 0 Å². The van der Waals surface area contributed by atoms with E-state index in [9.17, 15) is 0 Å². The van der Waals surface area contributed by atoms with Crippen molar-refractivity contribution in [3.8, 4) is 11.5 Å². The first kappa shape index (κ1) is 13.3. The van der Waals surface area contributed by atoms with Gasteiger partial charge in [-0.2, -0.15) is 0 Å². The van der Waals surface area contributed by atoms with Gasteiger partial charge >= 0.3 is 0 Å². The van der Waals surface area contributed by atoms with Gasteiger partial charge in [-0.1, -0.05) is 41.9 Å². The minimum atomic E-state index is -0.810. The van der Waals surface area contributed by atoms with Gasteiger partial charge in [-0.15, -0.1) is 0 Å². The molecule has 1 aliphatic rings. The maximum atomic E-state index is 5.95. The van der Waals surface area contributed by atoms with Gasteiger partial charge in [0.05, 0.1) is 6.42 Å². The van der Waals surface area contributed by atoms with E-state index in [1.807, 2.05) is 24.3 Å². The molecule has 0 bridgehead atoms. The zero-order valence-corrected chi connectivity index (χ0v) is 12.1. The second kappa shape index (κ2) is 5.04. The molecule has 0 saturated heterocycles. The Kier molecular flexibility index (Phi) is 3.36. The summed E-state index contributed by atoms with van der Waals surface area (Å²) in [6.07, 6.45) is 0.645. The molecule has 0 unspecified atom stereocenters. The van der Waals surface area contributed by atoms with E-state index in [2.05, 4.69) is 6.58 Å². The molecule has 3 rings (SSSR count). The third-order valence-corrected chi connectivity index (χ3v) is 3.49. The van der Waals surface area contributed by atoms with Crippen LogP contribution in [0.5, 0.6) is 11.5 Å². The van der Waals surface area contributed by atoms with Crippen LogP contribution in [-0.2, 0) is 0 Å². The van der Waals surface area contributed by atoms with Gasteiger partial charge in [0.1, 0.15) is 11.5 Å². The monoisotopic (exact) mass is 306 g/mol. The van der Waals surface area contributed by atoms with Gasteiger partial charge in [-0.3, -0.25) is 0 Å². The molecule has 0 spiro atoms. The summed E-state index contributed by atoms with van der Waals surface area (Å²) in [7, 11) is 0. The van der Waals surface area contributed by atoms with Crippen molar-refractivity contribution in [2.75, 3.05) is 0 Å². The van der Waals surface area contributed by atoms with E-state index in [0.717, 1.165) is 5.57 Å². The standard InChI is InChI=1S/C16H12Cl2O2/c1-11-10-16(11,19-14-6-2-4-12(17)8-14)20-15-7-3-5-13(18)9-15/h2-9H,1,10H2. The number of benzene rings is 2. The summed E-state index contributed by atoms with van der Waals surface area (Å²) in [6.45, 7) is 3.94. The largest absolute Gasteiger partial charge is 0.448 e. The van der Waals surface area contributed by atoms with Gasteiger partial charge in [0.25, 0.3) is 5.79 Å². The third-order valence-electron chi connectivity index (χ3n) is 3.02. The molecule has 0 radical (unpaired) electrons. The van der Waals surface area contributed by atoms with Crippen LogP contribution in [0.3, 0.4) is 0 Å². The summed E-state index contributed by atoms with van der Waals surface area (Å²) in [6, 6.07) is 14.4. The fraction of sp³-hybridized carbons (Fsp3) is 0.125. The Bertz CT molecular complexity index is 620. The highest BCUT2D eigenvalue weighted by Crippen LogP contribution is 2.47. The Balaban J connectivity index is 1.80. The minimum Gasteiger partial charge on any atom is -0.448 e. The van der Waals surface area contributed by atoms with Gasteiger partial charge in [-0.25, -0.2) is 0 Å². The molecule has 0 atom stereocenters. The van der Waals surface area contributed by atoms with Crippen LogP contribution < -0.4 is 9.47 Å². The molecule has 0 aromatic heterocycles. The third kappa shape index (κ3) is 2.77. The molecule has 2 nitrogen and oxygen atoms in total. The summed E-state index contributed by atoms with van der Waals surface area (Å²) >= 11 is 11.9. The molecule has 20 heavy (non-hydrogen) atoms. The van der Waals surface area contributed by atoms with E-state index in [-0.39, 0.29) is 0 Å². The summed E-state index contributed by atoms with van der Waals surface area (Å²) in [5.41, 5.74) is 0.887. The van der Waals surface area contributed by atoms with Crippen molar-refractivity contribution >= 4 is 23.2 Å². The second-order valence-corrected chi connectivity index (χ2v) is 5.52. The van der Waals surface area contributed by atoms with E-state index in [4.69, 9.17) is 32.7 Å². The lowest BCUT2D eigenvalue weighted by Crippen LogP contribution is -2.26. The number of rotatable bonds is 4. The first-order valence-electron chi connectivity index (χ1n) is 6.15. The molecule has 2 aromatic rings.